The van der Waals surface area contributed by atoms with Crippen LogP contribution in [0.1, 0.15) is 18.4 Å². The number of hydrogen-bond donors (Lipinski definition) is 1. The van der Waals surface area contributed by atoms with Crippen LogP contribution in [0.5, 0.6) is 5.75 Å². The molecule has 0 bridgehead atoms. The van der Waals surface area contributed by atoms with Gasteiger partial charge in [-0.1, -0.05) is 35.3 Å². The summed E-state index contributed by atoms with van der Waals surface area (Å²) in [4.78, 5) is 12.1. The summed E-state index contributed by atoms with van der Waals surface area (Å²) in [5, 5.41) is 3.93. The van der Waals surface area contributed by atoms with Gasteiger partial charge >= 0.3 is 0 Å². The molecule has 1 N–H and O–H groups in total. The Morgan fingerprint density at radius 1 is 1.16 bits per heavy atom. The van der Waals surface area contributed by atoms with Crippen LogP contribution in [0, 0.1) is 0 Å². The van der Waals surface area contributed by atoms with E-state index in [1.54, 1.807) is 42.1 Å². The van der Waals surface area contributed by atoms with Gasteiger partial charge in [0.15, 0.2) is 0 Å². The predicted molar refractivity (Wildman–Crippen MR) is 130 cm³/mol. The van der Waals surface area contributed by atoms with Crippen molar-refractivity contribution < 1.29 is 17.9 Å². The monoisotopic (exact) mass is 504 g/mol. The molecule has 2 rings (SSSR count). The Hall–Kier alpha value is -1.61. The van der Waals surface area contributed by atoms with Crippen LogP contribution in [0.15, 0.2) is 42.5 Å². The van der Waals surface area contributed by atoms with E-state index in [1.165, 1.54) is 11.4 Å². The molecule has 0 atom stereocenters. The molecular weight excluding hydrogens is 479 g/mol. The molecule has 1 amide bonds. The molecule has 6 nitrogen and oxygen atoms in total. The van der Waals surface area contributed by atoms with E-state index in [9.17, 15) is 13.2 Å². The first kappa shape index (κ1) is 25.6. The minimum atomic E-state index is -3.47. The number of carbonyl (C=O) groups is 1. The van der Waals surface area contributed by atoms with Crippen LogP contribution in [0.3, 0.4) is 0 Å². The Morgan fingerprint density at radius 3 is 2.61 bits per heavy atom. The van der Waals surface area contributed by atoms with E-state index < -0.39 is 10.0 Å². The summed E-state index contributed by atoms with van der Waals surface area (Å²) in [6, 6.07) is 12.4. The summed E-state index contributed by atoms with van der Waals surface area (Å²) in [7, 11) is -1.95. The van der Waals surface area contributed by atoms with E-state index in [1.807, 2.05) is 12.1 Å². The van der Waals surface area contributed by atoms with Crippen molar-refractivity contribution in [3.63, 3.8) is 0 Å². The molecule has 2 aromatic carbocycles. The summed E-state index contributed by atoms with van der Waals surface area (Å²) in [6.45, 7) is 0.752. The fourth-order valence-electron chi connectivity index (χ4n) is 2.81. The van der Waals surface area contributed by atoms with Crippen molar-refractivity contribution in [1.29, 1.82) is 0 Å². The summed E-state index contributed by atoms with van der Waals surface area (Å²) in [5.74, 6) is 2.00. The molecule has 0 aliphatic heterocycles. The maximum absolute atomic E-state index is 12.2. The third kappa shape index (κ3) is 8.80. The lowest BCUT2D eigenvalue weighted by atomic mass is 10.2. The van der Waals surface area contributed by atoms with E-state index in [0.717, 1.165) is 23.3 Å². The summed E-state index contributed by atoms with van der Waals surface area (Å²) in [5.41, 5.74) is 1.59. The van der Waals surface area contributed by atoms with Gasteiger partial charge in [-0.2, -0.15) is 11.8 Å². The molecule has 2 aromatic rings. The van der Waals surface area contributed by atoms with Gasteiger partial charge in [0.25, 0.3) is 0 Å². The van der Waals surface area contributed by atoms with E-state index in [4.69, 9.17) is 27.9 Å². The van der Waals surface area contributed by atoms with Crippen molar-refractivity contribution in [1.82, 2.24) is 5.32 Å². The van der Waals surface area contributed by atoms with Gasteiger partial charge in [0.1, 0.15) is 5.75 Å². The van der Waals surface area contributed by atoms with Gasteiger partial charge in [0, 0.05) is 37.1 Å². The topological polar surface area (TPSA) is 75.7 Å². The van der Waals surface area contributed by atoms with Crippen molar-refractivity contribution in [3.8, 4) is 5.75 Å². The number of ether oxygens (including phenoxy) is 1. The number of anilines is 1. The Bertz CT molecular complexity index is 987. The van der Waals surface area contributed by atoms with Crippen molar-refractivity contribution >= 4 is 56.6 Å². The number of nitrogens with zero attached hydrogens (tertiary/aromatic N) is 1. The lowest BCUT2D eigenvalue weighted by Crippen LogP contribution is -2.32. The van der Waals surface area contributed by atoms with Crippen LogP contribution in [0.25, 0.3) is 0 Å². The van der Waals surface area contributed by atoms with Gasteiger partial charge < -0.3 is 10.1 Å². The molecule has 10 heteroatoms. The molecule has 0 radical (unpaired) electrons. The first-order valence-electron chi connectivity index (χ1n) is 9.61. The Morgan fingerprint density at radius 2 is 1.94 bits per heavy atom. The molecule has 170 valence electrons. The van der Waals surface area contributed by atoms with Crippen molar-refractivity contribution in [2.24, 2.45) is 0 Å². The number of methoxy groups -OCH3 is 1. The summed E-state index contributed by atoms with van der Waals surface area (Å²) < 4.78 is 30.8. The predicted octanol–water partition coefficient (Wildman–Crippen LogP) is 4.60. The van der Waals surface area contributed by atoms with Crippen LogP contribution in [0.2, 0.25) is 10.0 Å². The van der Waals surface area contributed by atoms with Gasteiger partial charge in [-0.3, -0.25) is 9.10 Å². The van der Waals surface area contributed by atoms with Crippen molar-refractivity contribution in [2.75, 3.05) is 36.5 Å². The first-order chi connectivity index (χ1) is 14.7. The van der Waals surface area contributed by atoms with Gasteiger partial charge in [0.2, 0.25) is 15.9 Å². The zero-order valence-corrected chi connectivity index (χ0v) is 20.6. The maximum Gasteiger partial charge on any atom is 0.232 e. The van der Waals surface area contributed by atoms with Gasteiger partial charge in [-0.15, -0.1) is 0 Å². The Labute approximate surface area is 198 Å². The zero-order valence-electron chi connectivity index (χ0n) is 17.4. The van der Waals surface area contributed by atoms with Crippen molar-refractivity contribution in [2.45, 2.75) is 18.6 Å². The number of carbonyl (C=O) groups excluding carboxylic acids is 1. The first-order valence-corrected chi connectivity index (χ1v) is 13.4. The molecule has 0 aromatic heterocycles. The highest BCUT2D eigenvalue weighted by atomic mass is 35.5. The molecular formula is C21H26Cl2N2O4S2. The number of amides is 1. The lowest BCUT2D eigenvalue weighted by Gasteiger charge is -2.22. The lowest BCUT2D eigenvalue weighted by molar-refractivity contribution is -0.121. The van der Waals surface area contributed by atoms with Gasteiger partial charge in [-0.25, -0.2) is 8.42 Å². The second-order valence-corrected chi connectivity index (χ2v) is 10.6. The minimum absolute atomic E-state index is 0.103. The second kappa shape index (κ2) is 12.4. The zero-order chi connectivity index (χ0) is 22.9. The summed E-state index contributed by atoms with van der Waals surface area (Å²) >= 11 is 13.6. The number of halogens is 2. The molecule has 0 heterocycles. The molecule has 31 heavy (non-hydrogen) atoms. The highest BCUT2D eigenvalue weighted by Gasteiger charge is 2.18. The molecule has 0 saturated carbocycles. The molecule has 0 aliphatic carbocycles. The highest BCUT2D eigenvalue weighted by molar-refractivity contribution is 7.98. The normalized spacial score (nSPS) is 11.2. The number of rotatable bonds is 12. The maximum atomic E-state index is 12.2. The highest BCUT2D eigenvalue weighted by Crippen LogP contribution is 2.25. The van der Waals surface area contributed by atoms with E-state index >= 15 is 0 Å². The van der Waals surface area contributed by atoms with Crippen molar-refractivity contribution in [3.05, 3.63) is 58.1 Å². The Kier molecular flexibility index (Phi) is 10.3. The van der Waals surface area contributed by atoms with Crippen LogP contribution in [-0.2, 0) is 20.6 Å². The number of nitrogens with one attached hydrogen (secondary N) is 1. The molecule has 0 spiro atoms. The number of benzene rings is 2. The van der Waals surface area contributed by atoms with Crippen LogP contribution in [0.4, 0.5) is 5.69 Å². The van der Waals surface area contributed by atoms with E-state index in [-0.39, 0.29) is 18.9 Å². The third-order valence-electron chi connectivity index (χ3n) is 4.33. The molecule has 0 unspecified atom stereocenters. The summed E-state index contributed by atoms with van der Waals surface area (Å²) in [6.07, 6.45) is 1.80. The van der Waals surface area contributed by atoms with Crippen LogP contribution < -0.4 is 14.4 Å². The number of thioether (sulfide) groups is 1. The number of hydrogen-bond acceptors (Lipinski definition) is 5. The van der Waals surface area contributed by atoms with Crippen LogP contribution >= 0.6 is 35.0 Å². The fourth-order valence-corrected chi connectivity index (χ4v) is 4.89. The average Bonchev–Trinajstić information content (AvgIpc) is 2.72. The standard InChI is InChI=1S/C21H26Cl2N2O4S2/c1-29-18-6-3-5-17(14-18)25(31(2,27)28)11-4-7-21(26)24-10-12-30-15-16-8-9-19(22)20(23)13-16/h3,5-6,8-9,13-14H,4,7,10-12,15H2,1-2H3,(H,24,26). The van der Waals surface area contributed by atoms with E-state index in [0.29, 0.717) is 34.4 Å². The van der Waals surface area contributed by atoms with Crippen LogP contribution in [-0.4, -0.2) is 46.5 Å². The largest absolute Gasteiger partial charge is 0.497 e. The molecule has 0 fully saturated rings. The average molecular weight is 505 g/mol. The third-order valence-corrected chi connectivity index (χ3v) is 7.29. The SMILES string of the molecule is COc1cccc(N(CCCC(=O)NCCSCc2ccc(Cl)c(Cl)c2)S(C)(=O)=O)c1. The van der Waals surface area contributed by atoms with E-state index in [2.05, 4.69) is 5.32 Å². The minimum Gasteiger partial charge on any atom is -0.497 e. The molecule has 0 aliphatic rings. The smallest absolute Gasteiger partial charge is 0.232 e. The number of sulfonamides is 1. The quantitative estimate of drug-likeness (QED) is 0.427. The second-order valence-electron chi connectivity index (χ2n) is 6.79. The fraction of sp³-hybridized carbons (Fsp3) is 0.381. The van der Waals surface area contributed by atoms with Gasteiger partial charge in [-0.05, 0) is 36.2 Å². The molecule has 0 saturated heterocycles. The Balaban J connectivity index is 1.72. The van der Waals surface area contributed by atoms with Gasteiger partial charge in [0.05, 0.1) is 29.1 Å².